The Bertz CT molecular complexity index is 1040. The fourth-order valence-corrected chi connectivity index (χ4v) is 2.91. The van der Waals surface area contributed by atoms with E-state index in [1.165, 1.54) is 6.07 Å². The van der Waals surface area contributed by atoms with Crippen LogP contribution in [0.4, 0.5) is 0 Å². The average Bonchev–Trinajstić information content (AvgIpc) is 2.79. The van der Waals surface area contributed by atoms with Gasteiger partial charge in [-0.1, -0.05) is 30.3 Å². The van der Waals surface area contributed by atoms with Gasteiger partial charge in [0.15, 0.2) is 17.0 Å². The molecule has 0 aliphatic heterocycles. The van der Waals surface area contributed by atoms with Crippen molar-refractivity contribution in [3.8, 4) is 5.75 Å². The van der Waals surface area contributed by atoms with E-state index in [2.05, 4.69) is 4.99 Å². The number of esters is 1. The second-order valence-corrected chi connectivity index (χ2v) is 6.84. The lowest BCUT2D eigenvalue weighted by Gasteiger charge is -2.22. The number of rotatable bonds is 11. The third-order valence-corrected chi connectivity index (χ3v) is 4.49. The monoisotopic (exact) mass is 457 g/mol. The molecule has 0 fully saturated rings. The molecule has 0 spiro atoms. The number of phenols is 1. The zero-order chi connectivity index (χ0) is 24.4. The molecule has 0 aliphatic carbocycles. The minimum Gasteiger partial charge on any atom is -0.507 e. The molecule has 0 saturated carbocycles. The Morgan fingerprint density at radius 3 is 2.52 bits per heavy atom. The first-order valence-corrected chi connectivity index (χ1v) is 9.76. The van der Waals surface area contributed by atoms with Crippen molar-refractivity contribution in [3.05, 3.63) is 75.3 Å². The molecule has 0 radical (unpaired) electrons. The maximum absolute atomic E-state index is 13.0. The molecule has 2 aromatic rings. The second-order valence-electron chi connectivity index (χ2n) is 6.84. The van der Waals surface area contributed by atoms with Crippen molar-refractivity contribution in [3.63, 3.8) is 0 Å². The molecule has 2 rings (SSSR count). The van der Waals surface area contributed by atoms with Crippen LogP contribution in [0, 0.1) is 10.1 Å². The second kappa shape index (κ2) is 11.8. The van der Waals surface area contributed by atoms with Crippen molar-refractivity contribution in [2.75, 3.05) is 6.54 Å². The van der Waals surface area contributed by atoms with E-state index in [9.17, 15) is 29.6 Å². The summed E-state index contributed by atoms with van der Waals surface area (Å²) in [7, 11) is 0. The molecule has 2 aromatic carbocycles. The predicted molar refractivity (Wildman–Crippen MR) is 117 cm³/mol. The van der Waals surface area contributed by atoms with E-state index >= 15 is 0 Å². The number of nitrogens with two attached hydrogens (primary N) is 2. The molecule has 5 N–H and O–H groups in total. The summed E-state index contributed by atoms with van der Waals surface area (Å²) in [6.45, 7) is -0.119. The zero-order valence-electron chi connectivity index (χ0n) is 17.5. The number of hydrazine groups is 1. The average molecular weight is 457 g/mol. The van der Waals surface area contributed by atoms with Gasteiger partial charge in [-0.25, -0.2) is 14.9 Å². The van der Waals surface area contributed by atoms with Gasteiger partial charge < -0.3 is 21.3 Å². The summed E-state index contributed by atoms with van der Waals surface area (Å²) in [5.74, 6) is -3.10. The van der Waals surface area contributed by atoms with E-state index in [0.29, 0.717) is 11.8 Å². The van der Waals surface area contributed by atoms with E-state index in [0.717, 1.165) is 12.1 Å². The summed E-state index contributed by atoms with van der Waals surface area (Å²) in [5, 5.41) is 20.9. The summed E-state index contributed by atoms with van der Waals surface area (Å²) >= 11 is 0. The normalized spacial score (nSPS) is 11.2. The fraction of sp³-hybridized carbons (Fsp3) is 0.238. The van der Waals surface area contributed by atoms with Crippen molar-refractivity contribution in [2.45, 2.75) is 25.5 Å². The number of benzene rings is 2. The highest BCUT2D eigenvalue weighted by Gasteiger charge is 2.41. The van der Waals surface area contributed by atoms with Crippen molar-refractivity contribution in [1.82, 2.24) is 5.01 Å². The van der Waals surface area contributed by atoms with Crippen molar-refractivity contribution in [2.24, 2.45) is 16.5 Å². The van der Waals surface area contributed by atoms with Gasteiger partial charge in [0.1, 0.15) is 18.6 Å². The van der Waals surface area contributed by atoms with Gasteiger partial charge in [0.05, 0.1) is 5.56 Å². The van der Waals surface area contributed by atoms with E-state index in [1.807, 2.05) is 0 Å². The number of hydrogen-bond acceptors (Lipinski definition) is 8. The summed E-state index contributed by atoms with van der Waals surface area (Å²) in [4.78, 5) is 52.4. The molecule has 12 heteroatoms. The zero-order valence-corrected chi connectivity index (χ0v) is 17.5. The number of phenolic OH excluding ortho intramolecular Hbond substituents is 1. The highest BCUT2D eigenvalue weighted by molar-refractivity contribution is 5.99. The Kier molecular flexibility index (Phi) is 8.85. The fourth-order valence-electron chi connectivity index (χ4n) is 2.91. The minimum absolute atomic E-state index is 0.00964. The smallest absolute Gasteiger partial charge is 0.335 e. The number of ether oxygens (including phenoxy) is 1. The molecule has 174 valence electrons. The number of hydrogen-bond donors (Lipinski definition) is 3. The molecule has 0 saturated heterocycles. The number of carbonyl (C=O) groups is 3. The van der Waals surface area contributed by atoms with E-state index in [4.69, 9.17) is 16.2 Å². The van der Waals surface area contributed by atoms with Crippen LogP contribution in [0.3, 0.4) is 0 Å². The summed E-state index contributed by atoms with van der Waals surface area (Å²) in [5.41, 5.74) is 10.7. The van der Waals surface area contributed by atoms with Gasteiger partial charge in [-0.05, 0) is 41.6 Å². The molecule has 0 bridgehead atoms. The van der Waals surface area contributed by atoms with Gasteiger partial charge in [-0.2, -0.15) is 0 Å². The quantitative estimate of drug-likeness (QED) is 0.0840. The van der Waals surface area contributed by atoms with Crippen molar-refractivity contribution >= 4 is 24.1 Å². The molecular formula is C21H23N5O7. The number of aliphatic imine (C=N–C) groups is 1. The van der Waals surface area contributed by atoms with Crippen LogP contribution in [0.1, 0.15) is 39.1 Å². The molecule has 0 unspecified atom stereocenters. The molecule has 0 aliphatic rings. The topological polar surface area (TPSA) is 191 Å². The summed E-state index contributed by atoms with van der Waals surface area (Å²) < 4.78 is 5.22. The van der Waals surface area contributed by atoms with Crippen LogP contribution in [0.15, 0.2) is 53.5 Å². The Morgan fingerprint density at radius 2 is 1.91 bits per heavy atom. The Labute approximate surface area is 188 Å². The van der Waals surface area contributed by atoms with E-state index in [1.54, 1.807) is 30.3 Å². The highest BCUT2D eigenvalue weighted by Crippen LogP contribution is 2.23. The molecular weight excluding hydrogens is 434 g/mol. The number of nitrogens with zero attached hydrogens (tertiary/aromatic N) is 3. The number of nitro groups is 1. The van der Waals surface area contributed by atoms with E-state index in [-0.39, 0.29) is 42.5 Å². The predicted octanol–water partition coefficient (Wildman–Crippen LogP) is 1.00. The van der Waals surface area contributed by atoms with Crippen LogP contribution < -0.4 is 11.5 Å². The number of aromatic hydroxyl groups is 1. The number of amides is 1. The van der Waals surface area contributed by atoms with Crippen LogP contribution in [0.2, 0.25) is 0 Å². The summed E-state index contributed by atoms with van der Waals surface area (Å²) in [6, 6.07) is 10.2. The molecule has 0 heterocycles. The first-order valence-electron chi connectivity index (χ1n) is 9.76. The maximum atomic E-state index is 13.0. The maximum Gasteiger partial charge on any atom is 0.335 e. The van der Waals surface area contributed by atoms with Crippen LogP contribution >= 0.6 is 0 Å². The summed E-state index contributed by atoms with van der Waals surface area (Å²) in [6.07, 6.45) is 0.319. The molecule has 1 amide bonds. The lowest BCUT2D eigenvalue weighted by atomic mass is 10.1. The molecule has 1 atom stereocenters. The van der Waals surface area contributed by atoms with Crippen molar-refractivity contribution in [1.29, 1.82) is 0 Å². The Morgan fingerprint density at radius 1 is 1.21 bits per heavy atom. The van der Waals surface area contributed by atoms with Crippen LogP contribution in [0.25, 0.3) is 0 Å². The Balaban J connectivity index is 2.33. The minimum atomic E-state index is -1.65. The first kappa shape index (κ1) is 24.8. The van der Waals surface area contributed by atoms with Gasteiger partial charge in [-0.15, -0.1) is 0 Å². The van der Waals surface area contributed by atoms with Crippen LogP contribution in [0.5, 0.6) is 5.75 Å². The lowest BCUT2D eigenvalue weighted by molar-refractivity contribution is -0.638. The first-order chi connectivity index (χ1) is 15.7. The number of aldehydes is 1. The van der Waals surface area contributed by atoms with Crippen molar-refractivity contribution < 1.29 is 29.3 Å². The third kappa shape index (κ3) is 7.02. The largest absolute Gasteiger partial charge is 0.507 e. The Hall–Kier alpha value is -4.48. The van der Waals surface area contributed by atoms with Gasteiger partial charge in [0.2, 0.25) is 0 Å². The molecule has 0 aromatic heterocycles. The number of carbonyl (C=O) groups excluding carboxylic acids is 3. The van der Waals surface area contributed by atoms with Gasteiger partial charge >= 0.3 is 11.9 Å². The lowest BCUT2D eigenvalue weighted by Crippen LogP contribution is -2.49. The van der Waals surface area contributed by atoms with Crippen LogP contribution in [-0.2, 0) is 16.1 Å². The molecule has 33 heavy (non-hydrogen) atoms. The van der Waals surface area contributed by atoms with Crippen LogP contribution in [-0.4, -0.2) is 51.9 Å². The highest BCUT2D eigenvalue weighted by atomic mass is 16.7. The van der Waals surface area contributed by atoms with Gasteiger partial charge in [0, 0.05) is 12.1 Å². The van der Waals surface area contributed by atoms with E-state index < -0.39 is 34.3 Å². The van der Waals surface area contributed by atoms with Gasteiger partial charge in [-0.3, -0.25) is 14.6 Å². The SMILES string of the molecule is NC(N)=NCCC[C@@H](C(=O)OCc1ccccc1)N(C(=O)c1cc(C=O)ccc1O)[N+](=O)[O-]. The number of guanidine groups is 1. The van der Waals surface area contributed by atoms with Gasteiger partial charge in [0.25, 0.3) is 0 Å². The molecule has 12 nitrogen and oxygen atoms in total. The standard InChI is InChI=1S/C21H23N5O7/c22-21(23)24-10-4-7-17(20(30)33-13-14-5-2-1-3-6-14)25(26(31)32)19(29)16-11-15(12-27)8-9-18(16)28/h1-3,5-6,8-9,11-12,17,28H,4,7,10,13H2,(H4,22,23,24)/t17-/m0/s1. The third-order valence-electron chi connectivity index (χ3n) is 4.49.